The van der Waals surface area contributed by atoms with E-state index >= 15 is 0 Å². The molecule has 2 aliphatic rings. The Morgan fingerprint density at radius 2 is 1.78 bits per heavy atom. The number of halogens is 1. The predicted octanol–water partition coefficient (Wildman–Crippen LogP) is 5.42. The molecule has 0 saturated heterocycles. The molecule has 2 heterocycles. The van der Waals surface area contributed by atoms with Gasteiger partial charge < -0.3 is 14.5 Å². The summed E-state index contributed by atoms with van der Waals surface area (Å²) in [5.41, 5.74) is 4.27. The third-order valence-corrected chi connectivity index (χ3v) is 6.57. The highest BCUT2D eigenvalue weighted by atomic mass is 35.5. The Morgan fingerprint density at radius 1 is 1.03 bits per heavy atom. The third-order valence-electron chi connectivity index (χ3n) is 6.34. The first-order valence-electron chi connectivity index (χ1n) is 10.6. The molecular formula is C26H23ClN2O3. The van der Waals surface area contributed by atoms with Gasteiger partial charge in [0.25, 0.3) is 5.91 Å². The zero-order valence-corrected chi connectivity index (χ0v) is 18.7. The molecule has 0 unspecified atom stereocenters. The van der Waals surface area contributed by atoms with Crippen LogP contribution in [0.2, 0.25) is 5.02 Å². The molecule has 2 aliphatic heterocycles. The van der Waals surface area contributed by atoms with Gasteiger partial charge in [-0.3, -0.25) is 9.59 Å². The van der Waals surface area contributed by atoms with Crippen molar-refractivity contribution in [3.63, 3.8) is 0 Å². The molecule has 0 spiro atoms. The van der Waals surface area contributed by atoms with E-state index in [-0.39, 0.29) is 23.9 Å². The van der Waals surface area contributed by atoms with Gasteiger partial charge in [0.15, 0.2) is 0 Å². The van der Waals surface area contributed by atoms with Crippen LogP contribution in [0.15, 0.2) is 66.7 Å². The quantitative estimate of drug-likeness (QED) is 0.540. The van der Waals surface area contributed by atoms with Crippen molar-refractivity contribution in [3.05, 3.63) is 88.4 Å². The van der Waals surface area contributed by atoms with Crippen LogP contribution in [0.3, 0.4) is 0 Å². The highest BCUT2D eigenvalue weighted by molar-refractivity contribution is 6.31. The van der Waals surface area contributed by atoms with Crippen LogP contribution in [0.1, 0.15) is 40.9 Å². The Balaban J connectivity index is 1.54. The predicted molar refractivity (Wildman–Crippen MR) is 126 cm³/mol. The molecule has 0 aromatic heterocycles. The molecule has 0 fully saturated rings. The van der Waals surface area contributed by atoms with Crippen LogP contribution in [0, 0.1) is 0 Å². The van der Waals surface area contributed by atoms with Crippen LogP contribution in [-0.4, -0.2) is 25.0 Å². The minimum absolute atomic E-state index is 0.0594. The second-order valence-corrected chi connectivity index (χ2v) is 8.71. The Labute approximate surface area is 192 Å². The summed E-state index contributed by atoms with van der Waals surface area (Å²) in [4.78, 5) is 30.3. The molecule has 2 amide bonds. The first-order valence-corrected chi connectivity index (χ1v) is 11.0. The summed E-state index contributed by atoms with van der Waals surface area (Å²) < 4.78 is 5.22. The second kappa shape index (κ2) is 7.99. The van der Waals surface area contributed by atoms with Gasteiger partial charge in [-0.25, -0.2) is 0 Å². The number of ether oxygens (including phenoxy) is 1. The highest BCUT2D eigenvalue weighted by Gasteiger charge is 2.41. The number of hydrogen-bond donors (Lipinski definition) is 0. The summed E-state index contributed by atoms with van der Waals surface area (Å²) in [5.74, 6) is 0.704. The summed E-state index contributed by atoms with van der Waals surface area (Å²) in [6.45, 7) is 2.04. The van der Waals surface area contributed by atoms with Crippen molar-refractivity contribution in [3.8, 4) is 5.75 Å². The number of rotatable bonds is 3. The van der Waals surface area contributed by atoms with E-state index in [0.717, 1.165) is 22.5 Å². The van der Waals surface area contributed by atoms with Gasteiger partial charge in [-0.15, -0.1) is 0 Å². The van der Waals surface area contributed by atoms with Gasteiger partial charge in [-0.05, 0) is 73.0 Å². The number of fused-ring (bicyclic) bond motifs is 2. The fourth-order valence-corrected chi connectivity index (χ4v) is 5.06. The number of nitrogens with zero attached hydrogens (tertiary/aromatic N) is 2. The molecule has 0 saturated carbocycles. The molecule has 6 heteroatoms. The largest absolute Gasteiger partial charge is 0.497 e. The van der Waals surface area contributed by atoms with E-state index in [1.807, 2.05) is 59.2 Å². The van der Waals surface area contributed by atoms with Gasteiger partial charge in [0.1, 0.15) is 5.75 Å². The Morgan fingerprint density at radius 3 is 2.53 bits per heavy atom. The molecule has 0 N–H and O–H groups in total. The molecule has 3 aromatic rings. The topological polar surface area (TPSA) is 49.9 Å². The van der Waals surface area contributed by atoms with Crippen molar-refractivity contribution in [1.82, 2.24) is 0 Å². The number of hydrogen-bond acceptors (Lipinski definition) is 3. The standard InChI is InChI=1S/C26H23ClN2O3/c1-16-13-24(29-22-12-9-19(27)14-18(22)15-25(29)30)21-5-3-4-6-23(21)28(16)26(31)17-7-10-20(32-2)11-8-17/h3-12,14,16,24H,13,15H2,1-2H3/t16-,24+/m0/s1. The number of anilines is 2. The van der Waals surface area contributed by atoms with E-state index in [1.165, 1.54) is 0 Å². The summed E-state index contributed by atoms with van der Waals surface area (Å²) in [6, 6.07) is 20.4. The van der Waals surface area contributed by atoms with Gasteiger partial charge in [0.2, 0.25) is 5.91 Å². The molecule has 0 aliphatic carbocycles. The molecule has 162 valence electrons. The van der Waals surface area contributed by atoms with Gasteiger partial charge in [-0.1, -0.05) is 29.8 Å². The fraction of sp³-hybridized carbons (Fsp3) is 0.231. The average Bonchev–Trinajstić information content (AvgIpc) is 3.12. The van der Waals surface area contributed by atoms with Crippen LogP contribution in [0.4, 0.5) is 11.4 Å². The van der Waals surface area contributed by atoms with Crippen molar-refractivity contribution >= 4 is 34.8 Å². The number of methoxy groups -OCH3 is 1. The minimum Gasteiger partial charge on any atom is -0.497 e. The van der Waals surface area contributed by atoms with Crippen LogP contribution < -0.4 is 14.5 Å². The van der Waals surface area contributed by atoms with Crippen LogP contribution in [0.5, 0.6) is 5.75 Å². The first kappa shape index (κ1) is 20.6. The van der Waals surface area contributed by atoms with Crippen molar-refractivity contribution in [2.45, 2.75) is 31.8 Å². The first-order chi connectivity index (χ1) is 15.5. The molecule has 5 rings (SSSR count). The van der Waals surface area contributed by atoms with E-state index in [0.29, 0.717) is 29.2 Å². The number of para-hydroxylation sites is 1. The lowest BCUT2D eigenvalue weighted by atomic mass is 9.89. The van der Waals surface area contributed by atoms with Crippen molar-refractivity contribution in [2.75, 3.05) is 16.9 Å². The minimum atomic E-state index is -0.143. The lowest BCUT2D eigenvalue weighted by Crippen LogP contribution is -2.47. The maximum Gasteiger partial charge on any atom is 0.258 e. The average molecular weight is 447 g/mol. The van der Waals surface area contributed by atoms with Crippen molar-refractivity contribution < 1.29 is 14.3 Å². The molecule has 32 heavy (non-hydrogen) atoms. The van der Waals surface area contributed by atoms with Crippen LogP contribution in [0.25, 0.3) is 0 Å². The van der Waals surface area contributed by atoms with Crippen molar-refractivity contribution in [2.24, 2.45) is 0 Å². The molecular weight excluding hydrogens is 424 g/mol. The van der Waals surface area contributed by atoms with E-state index in [1.54, 1.807) is 31.4 Å². The monoisotopic (exact) mass is 446 g/mol. The van der Waals surface area contributed by atoms with E-state index in [2.05, 4.69) is 0 Å². The Kier molecular flexibility index (Phi) is 5.14. The Hall–Kier alpha value is -3.31. The number of benzene rings is 3. The summed E-state index contributed by atoms with van der Waals surface area (Å²) in [7, 11) is 1.60. The molecule has 3 aromatic carbocycles. The van der Waals surface area contributed by atoms with E-state index < -0.39 is 0 Å². The molecule has 0 bridgehead atoms. The van der Waals surface area contributed by atoms with Gasteiger partial charge in [0.05, 0.1) is 19.6 Å². The highest BCUT2D eigenvalue weighted by Crippen LogP contribution is 2.45. The SMILES string of the molecule is COc1ccc(C(=O)N2c3ccccc3[C@H](N3C(=O)Cc4cc(Cl)ccc43)C[C@@H]2C)cc1. The summed E-state index contributed by atoms with van der Waals surface area (Å²) >= 11 is 6.16. The van der Waals surface area contributed by atoms with Crippen LogP contribution >= 0.6 is 11.6 Å². The van der Waals surface area contributed by atoms with Crippen molar-refractivity contribution in [1.29, 1.82) is 0 Å². The lowest BCUT2D eigenvalue weighted by molar-refractivity contribution is -0.117. The maximum absolute atomic E-state index is 13.5. The third kappa shape index (κ3) is 3.33. The zero-order chi connectivity index (χ0) is 22.4. The maximum atomic E-state index is 13.5. The second-order valence-electron chi connectivity index (χ2n) is 8.28. The number of amides is 2. The summed E-state index contributed by atoms with van der Waals surface area (Å²) in [6.07, 6.45) is 0.990. The molecule has 0 radical (unpaired) electrons. The van der Waals surface area contributed by atoms with E-state index in [9.17, 15) is 9.59 Å². The smallest absolute Gasteiger partial charge is 0.258 e. The lowest BCUT2D eigenvalue weighted by Gasteiger charge is -2.42. The number of carbonyl (C=O) groups excluding carboxylic acids is 2. The van der Waals surface area contributed by atoms with E-state index in [4.69, 9.17) is 16.3 Å². The van der Waals surface area contributed by atoms with Gasteiger partial charge >= 0.3 is 0 Å². The zero-order valence-electron chi connectivity index (χ0n) is 17.9. The van der Waals surface area contributed by atoms with Gasteiger partial charge in [-0.2, -0.15) is 0 Å². The Bertz CT molecular complexity index is 1210. The fourth-order valence-electron chi connectivity index (χ4n) is 4.86. The van der Waals surface area contributed by atoms with Gasteiger partial charge in [0, 0.05) is 28.0 Å². The normalized spacial score (nSPS) is 19.5. The molecule has 5 nitrogen and oxygen atoms in total. The summed E-state index contributed by atoms with van der Waals surface area (Å²) in [5, 5.41) is 0.632. The molecule has 2 atom stereocenters. The van der Waals surface area contributed by atoms with Crippen LogP contribution in [-0.2, 0) is 11.2 Å². The number of carbonyl (C=O) groups is 2.